The number of hydrogen-bond donors (Lipinski definition) is 1. The summed E-state index contributed by atoms with van der Waals surface area (Å²) in [6.07, 6.45) is 0. The molecule has 0 fully saturated rings. The van der Waals surface area contributed by atoms with Crippen molar-refractivity contribution in [2.24, 2.45) is 0 Å². The topological polar surface area (TPSA) is 35.8 Å². The van der Waals surface area contributed by atoms with Gasteiger partial charge in [-0.15, -0.1) is 0 Å². The monoisotopic (exact) mass is 282 g/mol. The summed E-state index contributed by atoms with van der Waals surface area (Å²) in [4.78, 5) is 0. The zero-order valence-electron chi connectivity index (χ0n) is 9.35. The molecule has 0 saturated heterocycles. The quantitative estimate of drug-likeness (QED) is 0.887. The van der Waals surface area contributed by atoms with Gasteiger partial charge in [0.25, 0.3) is 0 Å². The number of nitrogens with one attached hydrogen (secondary N) is 1. The summed E-state index contributed by atoms with van der Waals surface area (Å²) >= 11 is 5.75. The number of halogens is 4. The van der Waals surface area contributed by atoms with Gasteiger partial charge < -0.3 is 5.32 Å². The molecule has 0 aliphatic rings. The number of nitriles is 1. The summed E-state index contributed by atoms with van der Waals surface area (Å²) in [6.45, 7) is 0. The lowest BCUT2D eigenvalue weighted by Crippen LogP contribution is -2.00. The maximum Gasteiger partial charge on any atom is 0.152 e. The Balaban J connectivity index is 2.48. The van der Waals surface area contributed by atoms with Crippen molar-refractivity contribution < 1.29 is 13.2 Å². The summed E-state index contributed by atoms with van der Waals surface area (Å²) in [7, 11) is 0. The van der Waals surface area contributed by atoms with Crippen molar-refractivity contribution >= 4 is 23.0 Å². The lowest BCUT2D eigenvalue weighted by molar-refractivity contribution is 0.549. The number of nitrogens with zero attached hydrogens (tertiary/aromatic N) is 1. The lowest BCUT2D eigenvalue weighted by Gasteiger charge is -2.10. The largest absolute Gasteiger partial charge is 0.350 e. The van der Waals surface area contributed by atoms with Crippen LogP contribution in [-0.4, -0.2) is 0 Å². The zero-order chi connectivity index (χ0) is 14.0. The van der Waals surface area contributed by atoms with E-state index in [0.717, 1.165) is 0 Å². The van der Waals surface area contributed by atoms with E-state index in [1.807, 2.05) is 6.07 Å². The van der Waals surface area contributed by atoms with Gasteiger partial charge in [-0.05, 0) is 18.2 Å². The number of benzene rings is 2. The van der Waals surface area contributed by atoms with E-state index in [0.29, 0.717) is 17.2 Å². The Bertz CT molecular complexity index is 657. The fourth-order valence-electron chi connectivity index (χ4n) is 1.51. The Morgan fingerprint density at radius 2 is 1.68 bits per heavy atom. The molecule has 2 nitrogen and oxygen atoms in total. The molecule has 0 aliphatic carbocycles. The second kappa shape index (κ2) is 5.21. The average Bonchev–Trinajstić information content (AvgIpc) is 2.34. The van der Waals surface area contributed by atoms with Crippen molar-refractivity contribution in [3.63, 3.8) is 0 Å². The van der Waals surface area contributed by atoms with E-state index in [-0.39, 0.29) is 11.3 Å². The van der Waals surface area contributed by atoms with E-state index in [1.54, 1.807) is 0 Å². The molecule has 6 heteroatoms. The van der Waals surface area contributed by atoms with Crippen LogP contribution in [0.3, 0.4) is 0 Å². The van der Waals surface area contributed by atoms with E-state index in [9.17, 15) is 13.2 Å². The van der Waals surface area contributed by atoms with Crippen LogP contribution in [0.1, 0.15) is 5.56 Å². The van der Waals surface area contributed by atoms with Gasteiger partial charge in [0, 0.05) is 17.2 Å². The Morgan fingerprint density at radius 3 is 2.26 bits per heavy atom. The van der Waals surface area contributed by atoms with Crippen LogP contribution >= 0.6 is 11.6 Å². The van der Waals surface area contributed by atoms with E-state index in [1.165, 1.54) is 18.2 Å². The summed E-state index contributed by atoms with van der Waals surface area (Å²) in [5, 5.41) is 11.6. The Morgan fingerprint density at radius 1 is 1.05 bits per heavy atom. The fraction of sp³-hybridized carbons (Fsp3) is 0. The molecule has 19 heavy (non-hydrogen) atoms. The summed E-state index contributed by atoms with van der Waals surface area (Å²) in [6, 6.07) is 7.17. The van der Waals surface area contributed by atoms with E-state index < -0.39 is 23.1 Å². The second-order valence-electron chi connectivity index (χ2n) is 3.67. The first-order valence-corrected chi connectivity index (χ1v) is 5.50. The van der Waals surface area contributed by atoms with Gasteiger partial charge in [0.05, 0.1) is 11.3 Å². The van der Waals surface area contributed by atoms with Crippen LogP contribution in [0, 0.1) is 28.8 Å². The van der Waals surface area contributed by atoms with Gasteiger partial charge in [-0.1, -0.05) is 11.6 Å². The van der Waals surface area contributed by atoms with E-state index >= 15 is 0 Å². The Labute approximate surface area is 112 Å². The first-order chi connectivity index (χ1) is 9.01. The van der Waals surface area contributed by atoms with Crippen molar-refractivity contribution in [2.75, 3.05) is 5.32 Å². The highest BCUT2D eigenvalue weighted by molar-refractivity contribution is 6.30. The van der Waals surface area contributed by atoms with Gasteiger partial charge in [0.1, 0.15) is 17.6 Å². The standard InChI is InChI=1S/C13H6ClF3N2/c14-8-2-1-7(6-18)12(3-8)19-13-10(16)4-9(15)5-11(13)17/h1-5,19H. The molecule has 0 aromatic heterocycles. The van der Waals surface area contributed by atoms with E-state index in [4.69, 9.17) is 16.9 Å². The minimum absolute atomic E-state index is 0.138. The van der Waals surface area contributed by atoms with Crippen LogP contribution < -0.4 is 5.32 Å². The van der Waals surface area contributed by atoms with Gasteiger partial charge in [0.15, 0.2) is 11.6 Å². The first-order valence-electron chi connectivity index (χ1n) is 5.12. The molecule has 0 saturated carbocycles. The molecule has 0 radical (unpaired) electrons. The van der Waals surface area contributed by atoms with Gasteiger partial charge in [-0.3, -0.25) is 0 Å². The van der Waals surface area contributed by atoms with Gasteiger partial charge in [-0.2, -0.15) is 5.26 Å². The number of rotatable bonds is 2. The maximum absolute atomic E-state index is 13.5. The maximum atomic E-state index is 13.5. The molecule has 2 rings (SSSR count). The molecule has 0 bridgehead atoms. The van der Waals surface area contributed by atoms with Crippen molar-refractivity contribution in [1.29, 1.82) is 5.26 Å². The normalized spacial score (nSPS) is 10.1. The van der Waals surface area contributed by atoms with Crippen molar-refractivity contribution in [3.05, 3.63) is 58.4 Å². The predicted octanol–water partition coefficient (Wildman–Crippen LogP) is 4.37. The molecule has 0 unspecified atom stereocenters. The molecule has 2 aromatic carbocycles. The third kappa shape index (κ3) is 2.80. The predicted molar refractivity (Wildman–Crippen MR) is 65.8 cm³/mol. The molecule has 0 amide bonds. The van der Waals surface area contributed by atoms with Gasteiger partial charge in [-0.25, -0.2) is 13.2 Å². The van der Waals surface area contributed by atoms with Crippen LogP contribution in [0.25, 0.3) is 0 Å². The SMILES string of the molecule is N#Cc1ccc(Cl)cc1Nc1c(F)cc(F)cc1F. The van der Waals surface area contributed by atoms with Crippen LogP contribution in [0.5, 0.6) is 0 Å². The molecule has 0 atom stereocenters. The smallest absolute Gasteiger partial charge is 0.152 e. The first kappa shape index (κ1) is 13.2. The highest BCUT2D eigenvalue weighted by Crippen LogP contribution is 2.28. The van der Waals surface area contributed by atoms with Crippen LogP contribution in [0.4, 0.5) is 24.5 Å². The molecular formula is C13H6ClF3N2. The molecular weight excluding hydrogens is 277 g/mol. The Kier molecular flexibility index (Phi) is 3.63. The third-order valence-corrected chi connectivity index (χ3v) is 2.60. The van der Waals surface area contributed by atoms with E-state index in [2.05, 4.69) is 5.32 Å². The second-order valence-corrected chi connectivity index (χ2v) is 4.11. The lowest BCUT2D eigenvalue weighted by atomic mass is 10.2. The van der Waals surface area contributed by atoms with Crippen molar-refractivity contribution in [2.45, 2.75) is 0 Å². The van der Waals surface area contributed by atoms with Crippen molar-refractivity contribution in [3.8, 4) is 6.07 Å². The van der Waals surface area contributed by atoms with Crippen LogP contribution in [0.2, 0.25) is 5.02 Å². The molecule has 1 N–H and O–H groups in total. The molecule has 0 spiro atoms. The van der Waals surface area contributed by atoms with Crippen LogP contribution in [-0.2, 0) is 0 Å². The highest BCUT2D eigenvalue weighted by Gasteiger charge is 2.13. The molecule has 0 heterocycles. The Hall–Kier alpha value is -2.19. The summed E-state index contributed by atoms with van der Waals surface area (Å²) in [5.41, 5.74) is -0.243. The van der Waals surface area contributed by atoms with Gasteiger partial charge in [0.2, 0.25) is 0 Å². The molecule has 0 aliphatic heterocycles. The fourth-order valence-corrected chi connectivity index (χ4v) is 1.69. The summed E-state index contributed by atoms with van der Waals surface area (Å²) < 4.78 is 39.7. The number of hydrogen-bond acceptors (Lipinski definition) is 2. The minimum atomic E-state index is -1.10. The average molecular weight is 283 g/mol. The molecule has 96 valence electrons. The third-order valence-electron chi connectivity index (χ3n) is 2.37. The number of anilines is 2. The highest BCUT2D eigenvalue weighted by atomic mass is 35.5. The van der Waals surface area contributed by atoms with Crippen LogP contribution in [0.15, 0.2) is 30.3 Å². The zero-order valence-corrected chi connectivity index (χ0v) is 10.1. The van der Waals surface area contributed by atoms with Gasteiger partial charge >= 0.3 is 0 Å². The minimum Gasteiger partial charge on any atom is -0.350 e. The summed E-state index contributed by atoms with van der Waals surface area (Å²) in [5.74, 6) is -3.21. The molecule has 2 aromatic rings. The van der Waals surface area contributed by atoms with Crippen molar-refractivity contribution in [1.82, 2.24) is 0 Å².